The molecular weight excluding hydrogens is 622 g/mol. The maximum Gasteiger partial charge on any atom is 0.253 e. The van der Waals surface area contributed by atoms with Crippen molar-refractivity contribution in [3.63, 3.8) is 0 Å². The average molecular weight is 668 g/mol. The lowest BCUT2D eigenvalue weighted by molar-refractivity contribution is -0.129. The molecule has 254 valence electrons. The highest BCUT2D eigenvalue weighted by molar-refractivity contribution is 7.91. The molecule has 1 unspecified atom stereocenters. The summed E-state index contributed by atoms with van der Waals surface area (Å²) in [5.41, 5.74) is 1.88. The van der Waals surface area contributed by atoms with E-state index < -0.39 is 57.5 Å². The summed E-state index contributed by atoms with van der Waals surface area (Å²) in [6.45, 7) is 1.80. The Kier molecular flexibility index (Phi) is 15.5. The van der Waals surface area contributed by atoms with Crippen molar-refractivity contribution in [1.29, 1.82) is 0 Å². The Bertz CT molecular complexity index is 1500. The summed E-state index contributed by atoms with van der Waals surface area (Å²) in [7, 11) is -3.76. The summed E-state index contributed by atoms with van der Waals surface area (Å²) in [4.78, 5) is 44.1. The fourth-order valence-electron chi connectivity index (χ4n) is 4.94. The number of unbranched alkanes of at least 4 members (excludes halogenated alkanes) is 1. The molecule has 0 aliphatic heterocycles. The van der Waals surface area contributed by atoms with Crippen molar-refractivity contribution >= 4 is 27.6 Å². The molecule has 13 heteroatoms. The molecule has 0 saturated carbocycles. The lowest BCUT2D eigenvalue weighted by Crippen LogP contribution is -2.62. The third-order valence-corrected chi connectivity index (χ3v) is 9.22. The normalized spacial score (nSPS) is 13.9. The van der Waals surface area contributed by atoms with Gasteiger partial charge in [0.15, 0.2) is 9.84 Å². The SMILES string of the molecule is CCCCS(=O)(=O)CC(NC(=O)c1cccnc1)C(=O)N[C@@H](Cc1ccccc1)[C@@H](O)[C@@H](NCCO)C(=O)NCCc1ccccc1. The van der Waals surface area contributed by atoms with E-state index in [-0.39, 0.29) is 37.4 Å². The van der Waals surface area contributed by atoms with Crippen LogP contribution in [0.1, 0.15) is 41.3 Å². The molecule has 0 spiro atoms. The van der Waals surface area contributed by atoms with E-state index in [9.17, 15) is 33.0 Å². The van der Waals surface area contributed by atoms with Gasteiger partial charge in [-0.15, -0.1) is 0 Å². The van der Waals surface area contributed by atoms with Gasteiger partial charge in [0.1, 0.15) is 12.1 Å². The lowest BCUT2D eigenvalue weighted by Gasteiger charge is -2.32. The topological polar surface area (TPSA) is 187 Å². The molecule has 1 aromatic heterocycles. The summed E-state index contributed by atoms with van der Waals surface area (Å²) >= 11 is 0. The van der Waals surface area contributed by atoms with Crippen LogP contribution in [0, 0.1) is 0 Å². The number of aliphatic hydroxyl groups excluding tert-OH is 2. The highest BCUT2D eigenvalue weighted by Crippen LogP contribution is 2.12. The third-order valence-electron chi connectivity index (χ3n) is 7.47. The zero-order chi connectivity index (χ0) is 34.1. The van der Waals surface area contributed by atoms with Gasteiger partial charge in [-0.2, -0.15) is 0 Å². The molecule has 4 atom stereocenters. The zero-order valence-electron chi connectivity index (χ0n) is 26.5. The van der Waals surface area contributed by atoms with Crippen molar-refractivity contribution in [3.8, 4) is 0 Å². The molecule has 0 saturated heterocycles. The van der Waals surface area contributed by atoms with Gasteiger partial charge >= 0.3 is 0 Å². The van der Waals surface area contributed by atoms with Gasteiger partial charge in [-0.05, 0) is 42.5 Å². The zero-order valence-corrected chi connectivity index (χ0v) is 27.4. The number of amides is 3. The van der Waals surface area contributed by atoms with Crippen molar-refractivity contribution in [2.75, 3.05) is 31.2 Å². The van der Waals surface area contributed by atoms with Crippen molar-refractivity contribution in [3.05, 3.63) is 102 Å². The standard InChI is InChI=1S/C34H45N5O7S/c1-2-3-21-47(45,46)24-29(39-32(42)27-15-10-17-35-23-27)33(43)38-28(22-26-13-8-5-9-14-26)31(41)30(36-19-20-40)34(44)37-18-16-25-11-6-4-7-12-25/h4-15,17,23,28-31,36,40-41H,2-3,16,18-22,24H2,1H3,(H,37,44)(H,38,43)(H,39,42)/t28-,29?,30+,31+/m0/s1. The second-order valence-corrected chi connectivity index (χ2v) is 13.4. The summed E-state index contributed by atoms with van der Waals surface area (Å²) in [5.74, 6) is -2.90. The number of nitrogens with zero attached hydrogens (tertiary/aromatic N) is 1. The van der Waals surface area contributed by atoms with E-state index in [4.69, 9.17) is 0 Å². The minimum Gasteiger partial charge on any atom is -0.395 e. The van der Waals surface area contributed by atoms with Crippen LogP contribution in [0.25, 0.3) is 0 Å². The molecule has 0 bridgehead atoms. The van der Waals surface area contributed by atoms with Crippen LogP contribution in [0.3, 0.4) is 0 Å². The van der Waals surface area contributed by atoms with Crippen molar-refractivity contribution in [2.45, 2.75) is 56.8 Å². The number of carbonyl (C=O) groups excluding carboxylic acids is 3. The number of sulfone groups is 1. The number of nitrogens with one attached hydrogen (secondary N) is 4. The average Bonchev–Trinajstić information content (AvgIpc) is 3.08. The first-order chi connectivity index (χ1) is 22.6. The third kappa shape index (κ3) is 12.9. The molecule has 0 aliphatic carbocycles. The smallest absolute Gasteiger partial charge is 0.253 e. The first kappa shape index (κ1) is 37.3. The number of hydrogen-bond acceptors (Lipinski definition) is 9. The first-order valence-corrected chi connectivity index (χ1v) is 17.5. The monoisotopic (exact) mass is 667 g/mol. The predicted molar refractivity (Wildman–Crippen MR) is 179 cm³/mol. The molecule has 6 N–H and O–H groups in total. The molecule has 12 nitrogen and oxygen atoms in total. The van der Waals surface area contributed by atoms with Crippen molar-refractivity contribution < 1.29 is 33.0 Å². The lowest BCUT2D eigenvalue weighted by atomic mass is 9.95. The van der Waals surface area contributed by atoms with E-state index in [0.717, 1.165) is 11.1 Å². The van der Waals surface area contributed by atoms with E-state index in [1.807, 2.05) is 43.3 Å². The highest BCUT2D eigenvalue weighted by Gasteiger charge is 2.36. The number of aliphatic hydroxyl groups is 2. The van der Waals surface area contributed by atoms with Crippen LogP contribution in [-0.4, -0.2) is 96.8 Å². The van der Waals surface area contributed by atoms with Crippen LogP contribution in [-0.2, 0) is 32.3 Å². The number of pyridine rings is 1. The van der Waals surface area contributed by atoms with Gasteiger partial charge < -0.3 is 31.5 Å². The Labute approximate surface area is 276 Å². The van der Waals surface area contributed by atoms with Crippen LogP contribution in [0.15, 0.2) is 85.2 Å². The minimum absolute atomic E-state index is 0.0146. The van der Waals surface area contributed by atoms with Gasteiger partial charge in [-0.25, -0.2) is 8.42 Å². The maximum absolute atomic E-state index is 13.8. The Morgan fingerprint density at radius 1 is 0.872 bits per heavy atom. The number of aromatic nitrogens is 1. The summed E-state index contributed by atoms with van der Waals surface area (Å²) in [6, 6.07) is 17.7. The number of carbonyl (C=O) groups is 3. The van der Waals surface area contributed by atoms with Crippen LogP contribution in [0.4, 0.5) is 0 Å². The Hall–Kier alpha value is -4.17. The molecule has 0 radical (unpaired) electrons. The number of rotatable bonds is 20. The van der Waals surface area contributed by atoms with Crippen LogP contribution in [0.5, 0.6) is 0 Å². The number of hydrogen-bond donors (Lipinski definition) is 6. The number of benzene rings is 2. The molecule has 0 aliphatic rings. The minimum atomic E-state index is -3.76. The fourth-order valence-corrected chi connectivity index (χ4v) is 6.57. The summed E-state index contributed by atoms with van der Waals surface area (Å²) in [5, 5.41) is 32.1. The van der Waals surface area contributed by atoms with Crippen LogP contribution < -0.4 is 21.3 Å². The van der Waals surface area contributed by atoms with E-state index >= 15 is 0 Å². The maximum atomic E-state index is 13.8. The van der Waals surface area contributed by atoms with Gasteiger partial charge in [0.25, 0.3) is 5.91 Å². The Morgan fingerprint density at radius 3 is 2.17 bits per heavy atom. The summed E-state index contributed by atoms with van der Waals surface area (Å²) in [6.07, 6.45) is 2.89. The Balaban J connectivity index is 1.86. The summed E-state index contributed by atoms with van der Waals surface area (Å²) < 4.78 is 25.9. The highest BCUT2D eigenvalue weighted by atomic mass is 32.2. The van der Waals surface area contributed by atoms with E-state index in [1.54, 1.807) is 30.3 Å². The van der Waals surface area contributed by atoms with Crippen LogP contribution in [0.2, 0.25) is 0 Å². The molecular formula is C34H45N5O7S. The molecule has 2 aromatic carbocycles. The molecule has 3 rings (SSSR count). The first-order valence-electron chi connectivity index (χ1n) is 15.7. The van der Waals surface area contributed by atoms with Gasteiger partial charge in [0, 0.05) is 25.5 Å². The molecule has 3 amide bonds. The molecule has 3 aromatic rings. The van der Waals surface area contributed by atoms with E-state index in [0.29, 0.717) is 19.3 Å². The predicted octanol–water partition coefficient (Wildman–Crippen LogP) is 0.793. The second-order valence-electron chi connectivity index (χ2n) is 11.2. The van der Waals surface area contributed by atoms with Gasteiger partial charge in [0.05, 0.1) is 35.8 Å². The van der Waals surface area contributed by atoms with Gasteiger partial charge in [0.2, 0.25) is 11.8 Å². The fraction of sp³-hybridized carbons (Fsp3) is 0.412. The molecule has 1 heterocycles. The largest absolute Gasteiger partial charge is 0.395 e. The van der Waals surface area contributed by atoms with Crippen molar-refractivity contribution in [1.82, 2.24) is 26.3 Å². The van der Waals surface area contributed by atoms with Gasteiger partial charge in [-0.1, -0.05) is 74.0 Å². The molecule has 0 fully saturated rings. The quantitative estimate of drug-likeness (QED) is 0.101. The van der Waals surface area contributed by atoms with Crippen molar-refractivity contribution in [2.24, 2.45) is 0 Å². The Morgan fingerprint density at radius 2 is 1.55 bits per heavy atom. The van der Waals surface area contributed by atoms with Gasteiger partial charge in [-0.3, -0.25) is 19.4 Å². The second kappa shape index (κ2) is 19.5. The molecule has 47 heavy (non-hydrogen) atoms. The van der Waals surface area contributed by atoms with E-state index in [2.05, 4.69) is 26.3 Å². The van der Waals surface area contributed by atoms with E-state index in [1.165, 1.54) is 18.5 Å². The van der Waals surface area contributed by atoms with Crippen LogP contribution >= 0.6 is 0 Å².